The molecular formula is C20H19N5O2. The van der Waals surface area contributed by atoms with Crippen molar-refractivity contribution in [2.75, 3.05) is 0 Å². The molecule has 1 aliphatic rings. The minimum Gasteiger partial charge on any atom is -0.335 e. The van der Waals surface area contributed by atoms with E-state index in [2.05, 4.69) is 27.2 Å². The van der Waals surface area contributed by atoms with Crippen LogP contribution in [0.25, 0.3) is 33.8 Å². The third kappa shape index (κ3) is 2.54. The Labute approximate surface area is 155 Å². The lowest BCUT2D eigenvalue weighted by Gasteiger charge is -2.34. The number of aryl methyl sites for hydroxylation is 2. The van der Waals surface area contributed by atoms with Crippen LogP contribution in [0.4, 0.5) is 0 Å². The molecule has 4 aromatic rings. The fraction of sp³-hybridized carbons (Fsp3) is 0.300. The van der Waals surface area contributed by atoms with Crippen LogP contribution in [-0.2, 0) is 5.54 Å². The van der Waals surface area contributed by atoms with Gasteiger partial charge in [0.05, 0.1) is 27.9 Å². The van der Waals surface area contributed by atoms with E-state index < -0.39 is 5.54 Å². The van der Waals surface area contributed by atoms with Crippen LogP contribution in [0.2, 0.25) is 0 Å². The van der Waals surface area contributed by atoms with E-state index in [9.17, 15) is 0 Å². The summed E-state index contributed by atoms with van der Waals surface area (Å²) in [6.07, 6.45) is 2.83. The number of benzene rings is 1. The average Bonchev–Trinajstić information content (AvgIpc) is 3.27. The monoisotopic (exact) mass is 361 g/mol. The van der Waals surface area contributed by atoms with E-state index in [-0.39, 0.29) is 0 Å². The van der Waals surface area contributed by atoms with Gasteiger partial charge in [-0.3, -0.25) is 0 Å². The first-order chi connectivity index (χ1) is 13.0. The number of hydrogen-bond donors (Lipinski definition) is 1. The first kappa shape index (κ1) is 16.1. The molecule has 5 rings (SSSR count). The number of pyridine rings is 1. The van der Waals surface area contributed by atoms with Crippen LogP contribution in [0.5, 0.6) is 0 Å². The van der Waals surface area contributed by atoms with Crippen LogP contribution in [0.15, 0.2) is 39.4 Å². The third-order valence-corrected chi connectivity index (χ3v) is 5.31. The van der Waals surface area contributed by atoms with Crippen LogP contribution >= 0.6 is 0 Å². The Morgan fingerprint density at radius 1 is 1.00 bits per heavy atom. The molecule has 3 aromatic heterocycles. The summed E-state index contributed by atoms with van der Waals surface area (Å²) in [7, 11) is 0. The van der Waals surface area contributed by atoms with Gasteiger partial charge in [0.25, 0.3) is 11.6 Å². The summed E-state index contributed by atoms with van der Waals surface area (Å²) in [5, 5.41) is 8.98. The van der Waals surface area contributed by atoms with Crippen LogP contribution in [0.1, 0.15) is 36.3 Å². The van der Waals surface area contributed by atoms with Gasteiger partial charge in [0.1, 0.15) is 0 Å². The normalized spacial score (nSPS) is 15.8. The quantitative estimate of drug-likeness (QED) is 0.590. The fourth-order valence-electron chi connectivity index (χ4n) is 3.45. The number of aromatic nitrogens is 4. The van der Waals surface area contributed by atoms with Crippen LogP contribution in [0, 0.1) is 13.8 Å². The van der Waals surface area contributed by atoms with Gasteiger partial charge in [-0.25, -0.2) is 4.98 Å². The molecule has 0 amide bonds. The molecule has 0 unspecified atom stereocenters. The predicted octanol–water partition coefficient (Wildman–Crippen LogP) is 3.89. The molecule has 136 valence electrons. The van der Waals surface area contributed by atoms with Gasteiger partial charge in [-0.1, -0.05) is 40.1 Å². The maximum atomic E-state index is 6.34. The van der Waals surface area contributed by atoms with E-state index in [4.69, 9.17) is 14.8 Å². The van der Waals surface area contributed by atoms with E-state index in [0.29, 0.717) is 17.4 Å². The number of hydrogen-bond acceptors (Lipinski definition) is 7. The smallest absolute Gasteiger partial charge is 0.259 e. The molecule has 1 aromatic carbocycles. The van der Waals surface area contributed by atoms with Crippen molar-refractivity contribution in [3.8, 4) is 22.7 Å². The summed E-state index contributed by atoms with van der Waals surface area (Å²) in [5.41, 5.74) is 10.7. The Hall–Kier alpha value is -3.06. The van der Waals surface area contributed by atoms with Crippen molar-refractivity contribution < 1.29 is 9.05 Å². The number of nitrogens with zero attached hydrogens (tertiary/aromatic N) is 4. The molecule has 0 radical (unpaired) electrons. The molecule has 1 fully saturated rings. The van der Waals surface area contributed by atoms with Crippen LogP contribution in [0.3, 0.4) is 0 Å². The highest BCUT2D eigenvalue weighted by atomic mass is 16.5. The maximum absolute atomic E-state index is 6.34. The Bertz CT molecular complexity index is 1140. The Kier molecular flexibility index (Phi) is 3.42. The maximum Gasteiger partial charge on any atom is 0.259 e. The van der Waals surface area contributed by atoms with Crippen molar-refractivity contribution in [2.45, 2.75) is 38.6 Å². The topological polar surface area (TPSA) is 104 Å². The molecule has 0 bridgehead atoms. The molecule has 1 aliphatic carbocycles. The molecule has 0 atom stereocenters. The standard InChI is InChI=1S/C20H19N5O2/c1-11-4-6-13(7-5-11)15-10-14(16-12(2)24-27-18(16)22-15)17-23-19(25-26-17)20(21)8-3-9-20/h4-7,10H,3,8-9,21H2,1-2H3. The van der Waals surface area contributed by atoms with Crippen molar-refractivity contribution in [1.82, 2.24) is 20.3 Å². The van der Waals surface area contributed by atoms with Gasteiger partial charge in [0, 0.05) is 5.56 Å². The number of fused-ring (bicyclic) bond motifs is 1. The van der Waals surface area contributed by atoms with Crippen LogP contribution in [-0.4, -0.2) is 20.3 Å². The third-order valence-electron chi connectivity index (χ3n) is 5.31. The van der Waals surface area contributed by atoms with E-state index >= 15 is 0 Å². The number of nitrogens with two attached hydrogens (primary N) is 1. The zero-order valence-corrected chi connectivity index (χ0v) is 15.2. The summed E-state index contributed by atoms with van der Waals surface area (Å²) in [4.78, 5) is 9.22. The molecule has 0 spiro atoms. The minimum absolute atomic E-state index is 0.411. The van der Waals surface area contributed by atoms with Gasteiger partial charge in [0.2, 0.25) is 0 Å². The summed E-state index contributed by atoms with van der Waals surface area (Å²) in [6, 6.07) is 10.1. The lowest BCUT2D eigenvalue weighted by molar-refractivity contribution is 0.229. The first-order valence-electron chi connectivity index (χ1n) is 9.01. The van der Waals surface area contributed by atoms with Gasteiger partial charge in [0.15, 0.2) is 5.82 Å². The van der Waals surface area contributed by atoms with Crippen LogP contribution < -0.4 is 5.73 Å². The number of rotatable bonds is 3. The highest BCUT2D eigenvalue weighted by Gasteiger charge is 2.39. The summed E-state index contributed by atoms with van der Waals surface area (Å²) >= 11 is 0. The van der Waals surface area contributed by atoms with Gasteiger partial charge < -0.3 is 14.8 Å². The Morgan fingerprint density at radius 3 is 2.48 bits per heavy atom. The molecule has 1 saturated carbocycles. The van der Waals surface area contributed by atoms with Crippen molar-refractivity contribution in [3.63, 3.8) is 0 Å². The zero-order chi connectivity index (χ0) is 18.6. The zero-order valence-electron chi connectivity index (χ0n) is 15.2. The van der Waals surface area contributed by atoms with E-state index in [1.54, 1.807) is 0 Å². The molecule has 0 aliphatic heterocycles. The minimum atomic E-state index is -0.475. The molecule has 3 heterocycles. The summed E-state index contributed by atoms with van der Waals surface area (Å²) in [5.74, 6) is 0.966. The molecular weight excluding hydrogens is 342 g/mol. The van der Waals surface area contributed by atoms with Crippen molar-refractivity contribution in [2.24, 2.45) is 5.73 Å². The lowest BCUT2D eigenvalue weighted by Crippen LogP contribution is -2.44. The van der Waals surface area contributed by atoms with Crippen molar-refractivity contribution >= 4 is 11.1 Å². The van der Waals surface area contributed by atoms with Crippen molar-refractivity contribution in [1.29, 1.82) is 0 Å². The first-order valence-corrected chi connectivity index (χ1v) is 9.01. The van der Waals surface area contributed by atoms with Gasteiger partial charge in [-0.05, 0) is 39.2 Å². The Balaban J connectivity index is 1.68. The largest absolute Gasteiger partial charge is 0.335 e. The van der Waals surface area contributed by atoms with Gasteiger partial charge >= 0.3 is 0 Å². The second-order valence-corrected chi connectivity index (χ2v) is 7.30. The summed E-state index contributed by atoms with van der Waals surface area (Å²) < 4.78 is 11.0. The SMILES string of the molecule is Cc1ccc(-c2cc(-c3nc(C4(N)CCC4)no3)c3c(C)noc3n2)cc1. The Morgan fingerprint density at radius 2 is 1.78 bits per heavy atom. The average molecular weight is 361 g/mol. The highest BCUT2D eigenvalue weighted by molar-refractivity contribution is 5.93. The lowest BCUT2D eigenvalue weighted by atomic mass is 9.77. The fourth-order valence-corrected chi connectivity index (χ4v) is 3.45. The van der Waals surface area contributed by atoms with E-state index in [1.807, 2.05) is 37.3 Å². The van der Waals surface area contributed by atoms with E-state index in [0.717, 1.165) is 47.2 Å². The van der Waals surface area contributed by atoms with E-state index in [1.165, 1.54) is 5.56 Å². The molecule has 7 heteroatoms. The second kappa shape index (κ2) is 5.72. The van der Waals surface area contributed by atoms with Gasteiger partial charge in [-0.15, -0.1) is 0 Å². The predicted molar refractivity (Wildman–Crippen MR) is 99.7 cm³/mol. The molecule has 0 saturated heterocycles. The second-order valence-electron chi connectivity index (χ2n) is 7.30. The summed E-state index contributed by atoms with van der Waals surface area (Å²) in [6.45, 7) is 3.92. The molecule has 27 heavy (non-hydrogen) atoms. The molecule has 7 nitrogen and oxygen atoms in total. The van der Waals surface area contributed by atoms with Crippen molar-refractivity contribution in [3.05, 3.63) is 47.4 Å². The van der Waals surface area contributed by atoms with Gasteiger partial charge in [-0.2, -0.15) is 4.98 Å². The highest BCUT2D eigenvalue weighted by Crippen LogP contribution is 2.39. The molecule has 2 N–H and O–H groups in total.